The second kappa shape index (κ2) is 2.59. The summed E-state index contributed by atoms with van der Waals surface area (Å²) in [5, 5.41) is 0. The summed E-state index contributed by atoms with van der Waals surface area (Å²) >= 11 is 0. The van der Waals surface area contributed by atoms with Crippen molar-refractivity contribution in [2.45, 2.75) is 13.3 Å². The first kappa shape index (κ1) is 7.28. The van der Waals surface area contributed by atoms with Gasteiger partial charge < -0.3 is 4.74 Å². The number of ketones is 1. The molecular formula is C9H9NO2. The average molecular weight is 163 g/mol. The van der Waals surface area contributed by atoms with Crippen LogP contribution in [0.1, 0.15) is 11.1 Å². The Kier molecular flexibility index (Phi) is 1.57. The molecule has 2 heterocycles. The second-order valence-corrected chi connectivity index (χ2v) is 2.95. The van der Waals surface area contributed by atoms with Crippen LogP contribution in [0.3, 0.4) is 0 Å². The van der Waals surface area contributed by atoms with E-state index in [-0.39, 0.29) is 12.4 Å². The van der Waals surface area contributed by atoms with Crippen LogP contribution in [0.5, 0.6) is 5.75 Å². The summed E-state index contributed by atoms with van der Waals surface area (Å²) in [7, 11) is 0. The molecule has 0 radical (unpaired) electrons. The van der Waals surface area contributed by atoms with Crippen molar-refractivity contribution in [1.82, 2.24) is 4.98 Å². The Balaban J connectivity index is 2.48. The maximum absolute atomic E-state index is 11.0. The van der Waals surface area contributed by atoms with Crippen molar-refractivity contribution in [3.8, 4) is 5.75 Å². The van der Waals surface area contributed by atoms with E-state index >= 15 is 0 Å². The van der Waals surface area contributed by atoms with Gasteiger partial charge in [-0.1, -0.05) is 0 Å². The standard InChI is InChI=1S/C9H9NO2/c1-6-3-10-4-7-2-8(11)5-12-9(6)7/h3-4H,2,5H2,1H3. The lowest BCUT2D eigenvalue weighted by atomic mass is 10.1. The van der Waals surface area contributed by atoms with Crippen molar-refractivity contribution < 1.29 is 9.53 Å². The highest BCUT2D eigenvalue weighted by Crippen LogP contribution is 2.25. The van der Waals surface area contributed by atoms with Crippen molar-refractivity contribution in [3.05, 3.63) is 23.5 Å². The third-order valence-corrected chi connectivity index (χ3v) is 1.91. The Labute approximate surface area is 70.4 Å². The molecule has 12 heavy (non-hydrogen) atoms. The van der Waals surface area contributed by atoms with Crippen molar-refractivity contribution in [3.63, 3.8) is 0 Å². The monoisotopic (exact) mass is 163 g/mol. The van der Waals surface area contributed by atoms with Crippen molar-refractivity contribution >= 4 is 5.78 Å². The number of ether oxygens (including phenoxy) is 1. The molecule has 0 aromatic carbocycles. The summed E-state index contributed by atoms with van der Waals surface area (Å²) < 4.78 is 5.28. The number of aryl methyl sites for hydroxylation is 1. The van der Waals surface area contributed by atoms with Gasteiger partial charge in [0, 0.05) is 29.9 Å². The number of Topliss-reactive ketones (excluding diaryl/α,β-unsaturated/α-hetero) is 1. The Morgan fingerprint density at radius 1 is 1.50 bits per heavy atom. The quantitative estimate of drug-likeness (QED) is 0.570. The zero-order valence-corrected chi connectivity index (χ0v) is 6.83. The lowest BCUT2D eigenvalue weighted by molar-refractivity contribution is -0.121. The van der Waals surface area contributed by atoms with Crippen molar-refractivity contribution in [2.75, 3.05) is 6.61 Å². The van der Waals surface area contributed by atoms with Gasteiger partial charge in [0.2, 0.25) is 0 Å². The van der Waals surface area contributed by atoms with Crippen LogP contribution in [0.4, 0.5) is 0 Å². The number of hydrogen-bond donors (Lipinski definition) is 0. The fraction of sp³-hybridized carbons (Fsp3) is 0.333. The van der Waals surface area contributed by atoms with Gasteiger partial charge >= 0.3 is 0 Å². The van der Waals surface area contributed by atoms with Crippen LogP contribution in [0, 0.1) is 6.92 Å². The third kappa shape index (κ3) is 1.07. The summed E-state index contributed by atoms with van der Waals surface area (Å²) in [6, 6.07) is 0. The first-order valence-electron chi connectivity index (χ1n) is 3.85. The summed E-state index contributed by atoms with van der Waals surface area (Å²) in [6.07, 6.45) is 3.90. The smallest absolute Gasteiger partial charge is 0.174 e. The molecule has 0 atom stereocenters. The molecule has 1 aromatic rings. The molecule has 0 fully saturated rings. The molecule has 62 valence electrons. The van der Waals surface area contributed by atoms with Crippen LogP contribution < -0.4 is 4.74 Å². The largest absolute Gasteiger partial charge is 0.485 e. The molecule has 3 heteroatoms. The Bertz CT molecular complexity index is 333. The molecule has 0 spiro atoms. The van der Waals surface area contributed by atoms with Crippen LogP contribution in [0.25, 0.3) is 0 Å². The number of carbonyl (C=O) groups excluding carboxylic acids is 1. The maximum atomic E-state index is 11.0. The molecule has 0 saturated carbocycles. The first-order valence-corrected chi connectivity index (χ1v) is 3.85. The summed E-state index contributed by atoms with van der Waals surface area (Å²) in [6.45, 7) is 2.14. The molecule has 1 aliphatic rings. The number of pyridine rings is 1. The van der Waals surface area contributed by atoms with E-state index < -0.39 is 0 Å². The van der Waals surface area contributed by atoms with Gasteiger partial charge in [0.15, 0.2) is 5.78 Å². The number of hydrogen-bond acceptors (Lipinski definition) is 3. The Hall–Kier alpha value is -1.38. The van der Waals surface area contributed by atoms with Crippen molar-refractivity contribution in [2.24, 2.45) is 0 Å². The fourth-order valence-corrected chi connectivity index (χ4v) is 1.36. The molecule has 2 rings (SSSR count). The zero-order chi connectivity index (χ0) is 8.55. The highest BCUT2D eigenvalue weighted by atomic mass is 16.5. The SMILES string of the molecule is Cc1cncc2c1OCC(=O)C2. The molecule has 0 N–H and O–H groups in total. The molecule has 3 nitrogen and oxygen atoms in total. The van der Waals surface area contributed by atoms with E-state index in [0.29, 0.717) is 6.42 Å². The minimum absolute atomic E-state index is 0.120. The molecular weight excluding hydrogens is 154 g/mol. The summed E-state index contributed by atoms with van der Waals surface area (Å²) in [5.74, 6) is 0.958. The Morgan fingerprint density at radius 3 is 3.17 bits per heavy atom. The highest BCUT2D eigenvalue weighted by Gasteiger charge is 2.17. The number of aromatic nitrogens is 1. The lowest BCUT2D eigenvalue weighted by Crippen LogP contribution is -2.20. The van der Waals surface area contributed by atoms with Crippen molar-refractivity contribution in [1.29, 1.82) is 0 Å². The maximum Gasteiger partial charge on any atom is 0.174 e. The van der Waals surface area contributed by atoms with Crippen LogP contribution in [-0.4, -0.2) is 17.4 Å². The first-order chi connectivity index (χ1) is 5.77. The van der Waals surface area contributed by atoms with Gasteiger partial charge in [-0.15, -0.1) is 0 Å². The van der Waals surface area contributed by atoms with Crippen LogP contribution in [0.2, 0.25) is 0 Å². The van der Waals surface area contributed by atoms with E-state index in [0.717, 1.165) is 16.9 Å². The molecule has 0 amide bonds. The van der Waals surface area contributed by atoms with Gasteiger partial charge in [-0.3, -0.25) is 9.78 Å². The normalized spacial score (nSPS) is 15.2. The van der Waals surface area contributed by atoms with E-state index in [1.54, 1.807) is 12.4 Å². The predicted octanol–water partition coefficient (Wildman–Crippen LogP) is 0.894. The average Bonchev–Trinajstić information content (AvgIpc) is 2.04. The molecule has 1 aliphatic heterocycles. The van der Waals surface area contributed by atoms with Gasteiger partial charge in [0.25, 0.3) is 0 Å². The molecule has 0 saturated heterocycles. The molecule has 0 unspecified atom stereocenters. The third-order valence-electron chi connectivity index (χ3n) is 1.91. The molecule has 0 aliphatic carbocycles. The van der Waals surface area contributed by atoms with Crippen LogP contribution in [0.15, 0.2) is 12.4 Å². The van der Waals surface area contributed by atoms with Gasteiger partial charge in [0.1, 0.15) is 12.4 Å². The fourth-order valence-electron chi connectivity index (χ4n) is 1.36. The molecule has 0 bridgehead atoms. The zero-order valence-electron chi connectivity index (χ0n) is 6.83. The lowest BCUT2D eigenvalue weighted by Gasteiger charge is -2.17. The number of fused-ring (bicyclic) bond motifs is 1. The summed E-state index contributed by atoms with van der Waals surface area (Å²) in [5.41, 5.74) is 1.91. The topological polar surface area (TPSA) is 39.2 Å². The van der Waals surface area contributed by atoms with E-state index in [1.807, 2.05) is 6.92 Å². The van der Waals surface area contributed by atoms with E-state index in [4.69, 9.17) is 4.74 Å². The molecule has 1 aromatic heterocycles. The number of nitrogens with zero attached hydrogens (tertiary/aromatic N) is 1. The van der Waals surface area contributed by atoms with Crippen LogP contribution in [-0.2, 0) is 11.2 Å². The predicted molar refractivity (Wildman–Crippen MR) is 43.2 cm³/mol. The Morgan fingerprint density at radius 2 is 2.33 bits per heavy atom. The van der Waals surface area contributed by atoms with Gasteiger partial charge in [-0.2, -0.15) is 0 Å². The second-order valence-electron chi connectivity index (χ2n) is 2.95. The minimum atomic E-state index is 0.120. The van der Waals surface area contributed by atoms with E-state index in [9.17, 15) is 4.79 Å². The number of rotatable bonds is 0. The minimum Gasteiger partial charge on any atom is -0.485 e. The van der Waals surface area contributed by atoms with Gasteiger partial charge in [-0.05, 0) is 6.92 Å². The summed E-state index contributed by atoms with van der Waals surface area (Å²) in [4.78, 5) is 15.0. The van der Waals surface area contributed by atoms with E-state index in [1.165, 1.54) is 0 Å². The highest BCUT2D eigenvalue weighted by molar-refractivity contribution is 5.84. The van der Waals surface area contributed by atoms with Gasteiger partial charge in [-0.25, -0.2) is 0 Å². The number of carbonyl (C=O) groups is 1. The van der Waals surface area contributed by atoms with Crippen LogP contribution >= 0.6 is 0 Å². The van der Waals surface area contributed by atoms with Gasteiger partial charge in [0.05, 0.1) is 0 Å². The van der Waals surface area contributed by atoms with E-state index in [2.05, 4.69) is 4.98 Å².